The first-order chi connectivity index (χ1) is 6.83. The SMILES string of the molecule is [CH][Si](C)(C)O[Si](C)(C)O[Si](C)(C)CC(C)C. The molecule has 0 N–H and O–H groups in total. The molecule has 0 spiro atoms. The van der Waals surface area contributed by atoms with Crippen molar-refractivity contribution in [2.24, 2.45) is 5.92 Å². The van der Waals surface area contributed by atoms with E-state index >= 15 is 0 Å². The molecule has 0 saturated carbocycles. The fraction of sp³-hybridized carbons (Fsp3) is 0.909. The monoisotopic (exact) mass is 276 g/mol. The van der Waals surface area contributed by atoms with Crippen LogP contribution in [-0.2, 0) is 8.23 Å². The van der Waals surface area contributed by atoms with Crippen molar-refractivity contribution in [1.29, 1.82) is 0 Å². The van der Waals surface area contributed by atoms with Crippen molar-refractivity contribution < 1.29 is 8.23 Å². The molecule has 0 rings (SSSR count). The summed E-state index contributed by atoms with van der Waals surface area (Å²) in [6, 6.07) is 1.18. The predicted octanol–water partition coefficient (Wildman–Crippen LogP) is 4.04. The molecule has 0 aromatic rings. The Hall–Kier alpha value is 0.571. The Kier molecular flexibility index (Phi) is 5.67. The molecule has 0 unspecified atom stereocenters. The molecule has 2 nitrogen and oxygen atoms in total. The molecule has 5 heteroatoms. The summed E-state index contributed by atoms with van der Waals surface area (Å²) in [5.74, 6) is 0.689. The van der Waals surface area contributed by atoms with E-state index in [1.807, 2.05) is 13.1 Å². The van der Waals surface area contributed by atoms with Crippen LogP contribution in [-0.4, -0.2) is 25.2 Å². The van der Waals surface area contributed by atoms with E-state index in [2.05, 4.69) is 40.0 Å². The Labute approximate surface area is 105 Å². The quantitative estimate of drug-likeness (QED) is 0.682. The molecule has 96 valence electrons. The molecule has 0 fully saturated rings. The Bertz CT molecular complexity index is 220. The van der Waals surface area contributed by atoms with Gasteiger partial charge < -0.3 is 8.23 Å². The summed E-state index contributed by atoms with van der Waals surface area (Å²) in [7, 11) is -5.61. The van der Waals surface area contributed by atoms with Gasteiger partial charge in [0.05, 0.1) is 0 Å². The Balaban J connectivity index is 4.45. The smallest absolute Gasteiger partial charge is 0.311 e. The molecule has 0 aromatic carbocycles. The molecule has 2 radical (unpaired) electrons. The summed E-state index contributed by atoms with van der Waals surface area (Å²) in [4.78, 5) is 0. The maximum absolute atomic E-state index is 6.32. The van der Waals surface area contributed by atoms with E-state index in [1.165, 1.54) is 6.04 Å². The summed E-state index contributed by atoms with van der Waals surface area (Å²) in [5, 5.41) is 0. The second-order valence-corrected chi connectivity index (χ2v) is 18.1. The van der Waals surface area contributed by atoms with E-state index < -0.39 is 25.2 Å². The highest BCUT2D eigenvalue weighted by molar-refractivity contribution is 6.88. The average Bonchev–Trinajstić information content (AvgIpc) is 1.69. The maximum atomic E-state index is 6.32. The van der Waals surface area contributed by atoms with Crippen LogP contribution < -0.4 is 0 Å². The zero-order chi connectivity index (χ0) is 13.2. The number of rotatable bonds is 6. The standard InChI is InChI=1S/C11H28O2Si3/c1-11(2)10-15(6,7)13-16(8,9)12-14(3,4)5/h3,11H,10H2,1-2,4-9H3. The van der Waals surface area contributed by atoms with Crippen molar-refractivity contribution in [3.05, 3.63) is 6.55 Å². The first-order valence-corrected chi connectivity index (χ1v) is 14.9. The minimum atomic E-state index is -2.04. The predicted molar refractivity (Wildman–Crippen MR) is 78.6 cm³/mol. The highest BCUT2D eigenvalue weighted by Gasteiger charge is 2.38. The van der Waals surface area contributed by atoms with E-state index in [-0.39, 0.29) is 0 Å². The van der Waals surface area contributed by atoms with Crippen molar-refractivity contribution in [2.45, 2.75) is 59.2 Å². The van der Waals surface area contributed by atoms with Crippen LogP contribution in [0.3, 0.4) is 0 Å². The van der Waals surface area contributed by atoms with Crippen molar-refractivity contribution in [3.8, 4) is 0 Å². The van der Waals surface area contributed by atoms with Gasteiger partial charge in [-0.15, -0.1) is 0 Å². The lowest BCUT2D eigenvalue weighted by atomic mass is 10.3. The molecule has 0 aliphatic carbocycles. The lowest BCUT2D eigenvalue weighted by Crippen LogP contribution is -2.51. The van der Waals surface area contributed by atoms with Crippen molar-refractivity contribution in [3.63, 3.8) is 0 Å². The number of hydrogen-bond acceptors (Lipinski definition) is 2. The fourth-order valence-electron chi connectivity index (χ4n) is 2.34. The Morgan fingerprint density at radius 2 is 1.38 bits per heavy atom. The van der Waals surface area contributed by atoms with E-state index in [0.717, 1.165) is 0 Å². The minimum Gasteiger partial charge on any atom is -0.436 e. The van der Waals surface area contributed by atoms with Gasteiger partial charge >= 0.3 is 8.56 Å². The molecular formula is C11H28O2Si3. The second kappa shape index (κ2) is 5.48. The lowest BCUT2D eigenvalue weighted by Gasteiger charge is -2.38. The zero-order valence-corrected chi connectivity index (χ0v) is 15.2. The third kappa shape index (κ3) is 8.69. The topological polar surface area (TPSA) is 18.5 Å². The van der Waals surface area contributed by atoms with Crippen LogP contribution >= 0.6 is 0 Å². The molecule has 0 atom stereocenters. The summed E-state index contributed by atoms with van der Waals surface area (Å²) >= 11 is 0. The van der Waals surface area contributed by atoms with Gasteiger partial charge in [-0.05, 0) is 57.8 Å². The van der Waals surface area contributed by atoms with Crippen molar-refractivity contribution in [1.82, 2.24) is 0 Å². The molecule has 16 heavy (non-hydrogen) atoms. The molecule has 0 aromatic heterocycles. The van der Waals surface area contributed by atoms with Gasteiger partial charge in [-0.25, -0.2) is 0 Å². The highest BCUT2D eigenvalue weighted by atomic mass is 28.5. The van der Waals surface area contributed by atoms with Gasteiger partial charge in [0, 0.05) is 0 Å². The first-order valence-electron chi connectivity index (χ1n) is 6.02. The average molecular weight is 277 g/mol. The van der Waals surface area contributed by atoms with Crippen LogP contribution in [0.4, 0.5) is 0 Å². The number of hydrogen-bond donors (Lipinski definition) is 0. The molecule has 0 saturated heterocycles. The van der Waals surface area contributed by atoms with E-state index in [9.17, 15) is 0 Å². The van der Waals surface area contributed by atoms with Crippen LogP contribution in [0.2, 0.25) is 45.3 Å². The summed E-state index contributed by atoms with van der Waals surface area (Å²) in [6.07, 6.45) is 0. The van der Waals surface area contributed by atoms with Gasteiger partial charge in [-0.1, -0.05) is 13.8 Å². The summed E-state index contributed by atoms with van der Waals surface area (Å²) in [6.45, 7) is 23.3. The van der Waals surface area contributed by atoms with Crippen LogP contribution in [0.15, 0.2) is 0 Å². The molecule has 0 aliphatic heterocycles. The molecule has 0 heterocycles. The summed E-state index contributed by atoms with van der Waals surface area (Å²) in [5.41, 5.74) is 0. The van der Waals surface area contributed by atoms with Gasteiger partial charge in [0.15, 0.2) is 16.6 Å². The van der Waals surface area contributed by atoms with Crippen LogP contribution in [0.25, 0.3) is 0 Å². The van der Waals surface area contributed by atoms with Gasteiger partial charge in [-0.3, -0.25) is 0 Å². The molecule has 0 amide bonds. The van der Waals surface area contributed by atoms with Crippen LogP contribution in [0.1, 0.15) is 13.8 Å². The Morgan fingerprint density at radius 3 is 1.69 bits per heavy atom. The van der Waals surface area contributed by atoms with Crippen molar-refractivity contribution >= 4 is 25.2 Å². The van der Waals surface area contributed by atoms with Gasteiger partial charge in [0.1, 0.15) is 0 Å². The largest absolute Gasteiger partial charge is 0.436 e. The van der Waals surface area contributed by atoms with E-state index in [1.54, 1.807) is 0 Å². The minimum absolute atomic E-state index is 0.689. The molecule has 0 aliphatic rings. The highest BCUT2D eigenvalue weighted by Crippen LogP contribution is 2.24. The maximum Gasteiger partial charge on any atom is 0.311 e. The Morgan fingerprint density at radius 1 is 0.938 bits per heavy atom. The second-order valence-electron chi connectivity index (χ2n) is 6.57. The van der Waals surface area contributed by atoms with Crippen molar-refractivity contribution in [2.75, 3.05) is 0 Å². The van der Waals surface area contributed by atoms with E-state index in [4.69, 9.17) is 14.8 Å². The lowest BCUT2D eigenvalue weighted by molar-refractivity contribution is 0.390. The first kappa shape index (κ1) is 16.6. The fourth-order valence-corrected chi connectivity index (χ4v) is 15.6. The summed E-state index contributed by atoms with van der Waals surface area (Å²) < 4.78 is 12.3. The third-order valence-corrected chi connectivity index (χ3v) is 12.0. The van der Waals surface area contributed by atoms with Crippen LogP contribution in [0.5, 0.6) is 0 Å². The van der Waals surface area contributed by atoms with Gasteiger partial charge in [-0.2, -0.15) is 0 Å². The van der Waals surface area contributed by atoms with Crippen LogP contribution in [0, 0.1) is 12.5 Å². The zero-order valence-electron chi connectivity index (χ0n) is 12.2. The molecular weight excluding hydrogens is 248 g/mol. The normalized spacial score (nSPS) is 14.6. The van der Waals surface area contributed by atoms with Gasteiger partial charge in [0.25, 0.3) is 0 Å². The molecule has 0 bridgehead atoms. The third-order valence-electron chi connectivity index (χ3n) is 1.93. The van der Waals surface area contributed by atoms with E-state index in [0.29, 0.717) is 5.92 Å². The van der Waals surface area contributed by atoms with Gasteiger partial charge in [0.2, 0.25) is 0 Å².